The van der Waals surface area contributed by atoms with Crippen LogP contribution in [0.3, 0.4) is 0 Å². The lowest BCUT2D eigenvalue weighted by Crippen LogP contribution is -2.53. The van der Waals surface area contributed by atoms with Gasteiger partial charge in [0.05, 0.1) is 36.3 Å². The molecular formula is C47H57ClN9O7P. The fourth-order valence-corrected chi connectivity index (χ4v) is 10.8. The summed E-state index contributed by atoms with van der Waals surface area (Å²) in [5.41, 5.74) is 4.45. The second-order valence-electron chi connectivity index (χ2n) is 17.5. The molecule has 4 aliphatic rings. The van der Waals surface area contributed by atoms with Gasteiger partial charge in [-0.3, -0.25) is 24.6 Å². The molecule has 5 heterocycles. The van der Waals surface area contributed by atoms with Gasteiger partial charge in [0, 0.05) is 73.9 Å². The number of halogens is 1. The molecule has 3 saturated heterocycles. The summed E-state index contributed by atoms with van der Waals surface area (Å²) in [6, 6.07) is 16.2. The molecule has 4 aliphatic heterocycles. The molecule has 0 saturated carbocycles. The number of ether oxygens (including phenoxy) is 1. The first-order valence-electron chi connectivity index (χ1n) is 22.5. The number of carboxylic acids is 1. The Balaban J connectivity index is 0.804. The number of anilines is 5. The number of nitrogens with one attached hydrogen (secondary N) is 3. The first kappa shape index (κ1) is 46.0. The monoisotopic (exact) mass is 925 g/mol. The first-order valence-corrected chi connectivity index (χ1v) is 25.5. The van der Waals surface area contributed by atoms with Gasteiger partial charge in [0.15, 0.2) is 5.82 Å². The molecule has 4 N–H and O–H groups in total. The molecule has 3 fully saturated rings. The predicted octanol–water partition coefficient (Wildman–Crippen LogP) is 6.33. The largest absolute Gasteiger partial charge is 0.493 e. The number of benzene rings is 3. The van der Waals surface area contributed by atoms with Crippen molar-refractivity contribution in [1.82, 2.24) is 30.0 Å². The maximum absolute atomic E-state index is 13.2. The molecule has 4 aromatic rings. The Morgan fingerprint density at radius 2 is 1.74 bits per heavy atom. The predicted molar refractivity (Wildman–Crippen MR) is 252 cm³/mol. The number of piperazine rings is 1. The van der Waals surface area contributed by atoms with Crippen LogP contribution in [0.1, 0.15) is 77.3 Å². The van der Waals surface area contributed by atoms with E-state index in [0.717, 1.165) is 88.3 Å². The highest BCUT2D eigenvalue weighted by Crippen LogP contribution is 2.39. The number of unbranched alkanes of at least 4 members (excludes halogenated alkanes) is 1. The van der Waals surface area contributed by atoms with E-state index in [1.54, 1.807) is 30.4 Å². The number of aryl methyl sites for hydroxylation is 1. The molecular weight excluding hydrogens is 869 g/mol. The Labute approximate surface area is 384 Å². The third-order valence-electron chi connectivity index (χ3n) is 12.9. The number of carboxylic acid groups (broad SMARTS) is 1. The van der Waals surface area contributed by atoms with Crippen molar-refractivity contribution in [2.24, 2.45) is 0 Å². The zero-order chi connectivity index (χ0) is 45.8. The third-order valence-corrected chi connectivity index (χ3v) is 14.7. The van der Waals surface area contributed by atoms with Crippen LogP contribution < -0.4 is 30.9 Å². The number of fused-ring (bicyclic) bond motifs is 1. The summed E-state index contributed by atoms with van der Waals surface area (Å²) in [7, 11) is -2.60. The van der Waals surface area contributed by atoms with Crippen LogP contribution in [-0.4, -0.2) is 131 Å². The fourth-order valence-electron chi connectivity index (χ4n) is 9.51. The number of carbonyl (C=O) groups excluding carboxylic acids is 3. The molecule has 0 radical (unpaired) electrons. The van der Waals surface area contributed by atoms with Crippen LogP contribution in [-0.2, 0) is 27.1 Å². The highest BCUT2D eigenvalue weighted by atomic mass is 35.5. The highest BCUT2D eigenvalue weighted by molar-refractivity contribution is 7.70. The summed E-state index contributed by atoms with van der Waals surface area (Å²) in [4.78, 5) is 67.9. The van der Waals surface area contributed by atoms with Gasteiger partial charge in [-0.1, -0.05) is 36.7 Å². The number of piperidine rings is 2. The molecule has 0 bridgehead atoms. The van der Waals surface area contributed by atoms with E-state index in [9.17, 15) is 28.8 Å². The van der Waals surface area contributed by atoms with Gasteiger partial charge < -0.3 is 39.7 Å². The number of aromatic nitrogens is 2. The summed E-state index contributed by atoms with van der Waals surface area (Å²) in [5.74, 6) is -0.693. The number of rotatable bonds is 16. The minimum absolute atomic E-state index is 0.204. The van der Waals surface area contributed by atoms with Crippen molar-refractivity contribution >= 4 is 76.6 Å². The smallest absolute Gasteiger partial charge is 0.337 e. The molecule has 8 rings (SSSR count). The minimum Gasteiger partial charge on any atom is -0.493 e. The Hall–Kier alpha value is -5.54. The van der Waals surface area contributed by atoms with E-state index >= 15 is 0 Å². The average Bonchev–Trinajstić information content (AvgIpc) is 3.63. The Bertz CT molecular complexity index is 2500. The molecule has 3 aromatic carbocycles. The Kier molecular flexibility index (Phi) is 14.1. The van der Waals surface area contributed by atoms with Crippen LogP contribution in [0.5, 0.6) is 5.75 Å². The number of carbonyl (C=O) groups is 4. The summed E-state index contributed by atoms with van der Waals surface area (Å²) >= 11 is 6.49. The van der Waals surface area contributed by atoms with Crippen LogP contribution >= 0.6 is 18.7 Å². The molecule has 0 spiro atoms. The summed E-state index contributed by atoms with van der Waals surface area (Å²) in [6.07, 6.45) is 6.40. The maximum Gasteiger partial charge on any atom is 0.337 e. The van der Waals surface area contributed by atoms with Crippen molar-refractivity contribution in [3.63, 3.8) is 0 Å². The van der Waals surface area contributed by atoms with E-state index in [1.165, 1.54) is 6.20 Å². The van der Waals surface area contributed by atoms with Crippen LogP contribution in [0.4, 0.5) is 28.8 Å². The van der Waals surface area contributed by atoms with E-state index in [4.69, 9.17) is 16.3 Å². The quantitative estimate of drug-likeness (QED) is 0.0554. The standard InChI is InChI=1S/C47H57ClN9O7P/c1-4-30-26-31(50-47-49-28-36(48)43(53-47)51-37-11-5-6-13-40(37)65(2,3)63)27-34(46(61)62)42(30)56-19-16-32(17-20-56)55-23-21-54(22-24-55)18-7-8-25-64-39-12-9-10-33-35(39)29-57(45(33)60)38-14-15-41(58)52-44(38)59/h5-6,9-13,26-28,32,38H,4,7-8,14-25,29H2,1-3H3,(H,61,62)(H,52,58,59)(H2,49,50,51,53). The second-order valence-corrected chi connectivity index (χ2v) is 21.1. The number of amides is 3. The third kappa shape index (κ3) is 10.5. The minimum atomic E-state index is -2.60. The van der Waals surface area contributed by atoms with E-state index in [1.807, 2.05) is 49.4 Å². The molecule has 3 amide bonds. The number of para-hydroxylation sites is 1. The summed E-state index contributed by atoms with van der Waals surface area (Å²) in [6.45, 7) is 12.7. The lowest BCUT2D eigenvalue weighted by atomic mass is 9.97. The van der Waals surface area contributed by atoms with Crippen molar-refractivity contribution in [3.8, 4) is 5.75 Å². The topological polar surface area (TPSA) is 190 Å². The van der Waals surface area contributed by atoms with Gasteiger partial charge in [0.2, 0.25) is 17.8 Å². The lowest BCUT2D eigenvalue weighted by Gasteiger charge is -2.43. The van der Waals surface area contributed by atoms with Gasteiger partial charge in [0.25, 0.3) is 5.91 Å². The molecule has 65 heavy (non-hydrogen) atoms. The molecule has 1 unspecified atom stereocenters. The molecule has 18 heteroatoms. The average molecular weight is 926 g/mol. The van der Waals surface area contributed by atoms with Gasteiger partial charge in [-0.05, 0) is 100 Å². The molecule has 344 valence electrons. The van der Waals surface area contributed by atoms with Gasteiger partial charge >= 0.3 is 5.97 Å². The van der Waals surface area contributed by atoms with Crippen molar-refractivity contribution in [2.45, 2.75) is 70.5 Å². The van der Waals surface area contributed by atoms with Crippen molar-refractivity contribution < 1.29 is 33.6 Å². The van der Waals surface area contributed by atoms with Crippen molar-refractivity contribution in [2.75, 3.05) is 81.3 Å². The second kappa shape index (κ2) is 19.9. The van der Waals surface area contributed by atoms with Gasteiger partial charge in [-0.25, -0.2) is 9.78 Å². The van der Waals surface area contributed by atoms with E-state index in [0.29, 0.717) is 65.8 Å². The summed E-state index contributed by atoms with van der Waals surface area (Å²) in [5, 5.41) is 20.2. The van der Waals surface area contributed by atoms with Gasteiger partial charge in [0.1, 0.15) is 24.0 Å². The van der Waals surface area contributed by atoms with Crippen LogP contribution in [0, 0.1) is 0 Å². The number of imide groups is 1. The van der Waals surface area contributed by atoms with Crippen molar-refractivity contribution in [1.29, 1.82) is 0 Å². The zero-order valence-corrected chi connectivity index (χ0v) is 38.8. The maximum atomic E-state index is 13.2. The molecule has 1 aromatic heterocycles. The Morgan fingerprint density at radius 1 is 0.969 bits per heavy atom. The van der Waals surface area contributed by atoms with Crippen LogP contribution in [0.2, 0.25) is 5.02 Å². The first-order chi connectivity index (χ1) is 31.3. The SMILES string of the molecule is CCc1cc(Nc2ncc(Cl)c(Nc3ccccc3P(C)(C)=O)n2)cc(C(=O)O)c1N1CCC(N2CCN(CCCCOc3cccc4c3CN(C3CCC(=O)NC3=O)C4=O)CC2)CC1. The zero-order valence-electron chi connectivity index (χ0n) is 37.1. The van der Waals surface area contributed by atoms with Crippen LogP contribution in [0.25, 0.3) is 0 Å². The van der Waals surface area contributed by atoms with Gasteiger partial charge in [-0.15, -0.1) is 0 Å². The molecule has 16 nitrogen and oxygen atoms in total. The number of aromatic carboxylic acids is 1. The van der Waals surface area contributed by atoms with Gasteiger partial charge in [-0.2, -0.15) is 4.98 Å². The van der Waals surface area contributed by atoms with E-state index < -0.39 is 25.1 Å². The Morgan fingerprint density at radius 3 is 2.46 bits per heavy atom. The normalized spacial score (nSPS) is 18.7. The fraction of sp³-hybridized carbons (Fsp3) is 0.447. The lowest BCUT2D eigenvalue weighted by molar-refractivity contribution is -0.136. The van der Waals surface area contributed by atoms with Crippen molar-refractivity contribution in [3.05, 3.63) is 88.1 Å². The van der Waals surface area contributed by atoms with Crippen LogP contribution in [0.15, 0.2) is 60.8 Å². The van der Waals surface area contributed by atoms with E-state index in [-0.39, 0.29) is 34.8 Å². The number of hydrogen-bond donors (Lipinski definition) is 4. The molecule has 0 aliphatic carbocycles. The molecule has 1 atom stereocenters. The number of nitrogens with zero attached hydrogens (tertiary/aromatic N) is 6. The summed E-state index contributed by atoms with van der Waals surface area (Å²) < 4.78 is 19.1. The number of hydrogen-bond acceptors (Lipinski definition) is 13. The van der Waals surface area contributed by atoms with E-state index in [2.05, 4.69) is 40.6 Å². The highest BCUT2D eigenvalue weighted by Gasteiger charge is 2.40.